The lowest BCUT2D eigenvalue weighted by atomic mass is 10.1. The van der Waals surface area contributed by atoms with Gasteiger partial charge in [0.25, 0.3) is 0 Å². The normalized spacial score (nSPS) is 19.8. The Morgan fingerprint density at radius 2 is 2.14 bits per heavy atom. The molecule has 1 N–H and O–H groups in total. The van der Waals surface area contributed by atoms with Gasteiger partial charge in [0.1, 0.15) is 0 Å². The van der Waals surface area contributed by atoms with Crippen molar-refractivity contribution in [2.24, 2.45) is 0 Å². The molecular formula is C16H21N3O2. The standard InChI is InChI=1S/C16H21N3O2/c1-2-12-5-7-13(8-6-12)16-17-15(21-18-16)11-19-9-3-4-14(20)10-19/h5-8,14,20H,2-4,9-11H2,1H3/t14-/m0/s1. The van der Waals surface area contributed by atoms with Crippen LogP contribution in [0.5, 0.6) is 0 Å². The maximum absolute atomic E-state index is 9.68. The summed E-state index contributed by atoms with van der Waals surface area (Å²) < 4.78 is 5.33. The van der Waals surface area contributed by atoms with Crippen LogP contribution < -0.4 is 0 Å². The number of hydrogen-bond donors (Lipinski definition) is 1. The Balaban J connectivity index is 1.67. The Labute approximate surface area is 124 Å². The lowest BCUT2D eigenvalue weighted by Gasteiger charge is -2.28. The van der Waals surface area contributed by atoms with Crippen LogP contribution in [-0.2, 0) is 13.0 Å². The average Bonchev–Trinajstić information content (AvgIpc) is 2.96. The van der Waals surface area contributed by atoms with Gasteiger partial charge in [-0.25, -0.2) is 0 Å². The van der Waals surface area contributed by atoms with E-state index in [0.717, 1.165) is 31.4 Å². The molecule has 3 rings (SSSR count). The second kappa shape index (κ2) is 6.37. The largest absolute Gasteiger partial charge is 0.392 e. The Hall–Kier alpha value is -1.72. The number of piperidine rings is 1. The summed E-state index contributed by atoms with van der Waals surface area (Å²) >= 11 is 0. The molecule has 112 valence electrons. The van der Waals surface area contributed by atoms with Crippen molar-refractivity contribution in [3.05, 3.63) is 35.7 Å². The van der Waals surface area contributed by atoms with Crippen LogP contribution in [0.25, 0.3) is 11.4 Å². The molecule has 0 bridgehead atoms. The first-order valence-electron chi connectivity index (χ1n) is 7.57. The Kier molecular flexibility index (Phi) is 4.31. The molecule has 0 amide bonds. The molecule has 1 aromatic heterocycles. The number of rotatable bonds is 4. The number of hydrogen-bond acceptors (Lipinski definition) is 5. The summed E-state index contributed by atoms with van der Waals surface area (Å²) in [6.07, 6.45) is 2.69. The van der Waals surface area contributed by atoms with E-state index in [2.05, 4.69) is 34.1 Å². The predicted octanol–water partition coefficient (Wildman–Crippen LogP) is 2.26. The molecule has 5 nitrogen and oxygen atoms in total. The number of aliphatic hydroxyl groups excluding tert-OH is 1. The molecule has 0 spiro atoms. The molecule has 0 saturated carbocycles. The topological polar surface area (TPSA) is 62.4 Å². The number of likely N-dealkylation sites (tertiary alicyclic amines) is 1. The number of nitrogens with zero attached hydrogens (tertiary/aromatic N) is 3. The molecule has 1 atom stereocenters. The van der Waals surface area contributed by atoms with E-state index in [1.54, 1.807) is 0 Å². The van der Waals surface area contributed by atoms with E-state index >= 15 is 0 Å². The van der Waals surface area contributed by atoms with Crippen molar-refractivity contribution in [2.45, 2.75) is 38.8 Å². The lowest BCUT2D eigenvalue weighted by Crippen LogP contribution is -2.37. The maximum atomic E-state index is 9.68. The number of aliphatic hydroxyl groups is 1. The second-order valence-corrected chi connectivity index (χ2v) is 5.59. The van der Waals surface area contributed by atoms with Gasteiger partial charge in [-0.05, 0) is 31.4 Å². The minimum Gasteiger partial charge on any atom is -0.392 e. The van der Waals surface area contributed by atoms with Crippen molar-refractivity contribution in [3.63, 3.8) is 0 Å². The van der Waals surface area contributed by atoms with Gasteiger partial charge in [-0.2, -0.15) is 4.98 Å². The van der Waals surface area contributed by atoms with E-state index in [1.165, 1.54) is 5.56 Å². The van der Waals surface area contributed by atoms with E-state index in [4.69, 9.17) is 4.52 Å². The molecule has 1 fully saturated rings. The fourth-order valence-electron chi connectivity index (χ4n) is 2.69. The molecule has 5 heteroatoms. The highest BCUT2D eigenvalue weighted by molar-refractivity contribution is 5.54. The molecule has 1 aliphatic heterocycles. The molecule has 0 unspecified atom stereocenters. The van der Waals surface area contributed by atoms with Crippen molar-refractivity contribution in [2.75, 3.05) is 13.1 Å². The minimum atomic E-state index is -0.234. The van der Waals surface area contributed by atoms with Gasteiger partial charge in [0, 0.05) is 12.1 Å². The second-order valence-electron chi connectivity index (χ2n) is 5.59. The molecule has 0 radical (unpaired) electrons. The summed E-state index contributed by atoms with van der Waals surface area (Å²) in [6.45, 7) is 4.40. The Morgan fingerprint density at radius 1 is 1.33 bits per heavy atom. The zero-order valence-corrected chi connectivity index (χ0v) is 12.3. The van der Waals surface area contributed by atoms with E-state index in [9.17, 15) is 5.11 Å². The fraction of sp³-hybridized carbons (Fsp3) is 0.500. The van der Waals surface area contributed by atoms with Gasteiger partial charge in [-0.3, -0.25) is 4.90 Å². The van der Waals surface area contributed by atoms with Gasteiger partial charge in [-0.1, -0.05) is 36.3 Å². The van der Waals surface area contributed by atoms with Gasteiger partial charge in [0.2, 0.25) is 11.7 Å². The predicted molar refractivity (Wildman–Crippen MR) is 79.6 cm³/mol. The molecule has 0 aliphatic carbocycles. The fourth-order valence-corrected chi connectivity index (χ4v) is 2.69. The minimum absolute atomic E-state index is 0.234. The van der Waals surface area contributed by atoms with E-state index < -0.39 is 0 Å². The summed E-state index contributed by atoms with van der Waals surface area (Å²) in [4.78, 5) is 6.61. The van der Waals surface area contributed by atoms with Crippen LogP contribution in [0.1, 0.15) is 31.2 Å². The van der Waals surface area contributed by atoms with Crippen LogP contribution in [0.3, 0.4) is 0 Å². The van der Waals surface area contributed by atoms with Gasteiger partial charge in [-0.15, -0.1) is 0 Å². The van der Waals surface area contributed by atoms with Gasteiger partial charge in [0.05, 0.1) is 12.6 Å². The third kappa shape index (κ3) is 3.49. The van der Waals surface area contributed by atoms with E-state index in [1.807, 2.05) is 12.1 Å². The number of benzene rings is 1. The van der Waals surface area contributed by atoms with Crippen molar-refractivity contribution in [3.8, 4) is 11.4 Å². The molecule has 2 heterocycles. The van der Waals surface area contributed by atoms with Crippen LogP contribution in [-0.4, -0.2) is 39.3 Å². The van der Waals surface area contributed by atoms with Gasteiger partial charge >= 0.3 is 0 Å². The molecular weight excluding hydrogens is 266 g/mol. The Bertz CT molecular complexity index is 579. The molecule has 1 saturated heterocycles. The molecule has 1 aliphatic rings. The van der Waals surface area contributed by atoms with E-state index in [0.29, 0.717) is 24.8 Å². The van der Waals surface area contributed by atoms with Crippen molar-refractivity contribution >= 4 is 0 Å². The number of aromatic nitrogens is 2. The highest BCUT2D eigenvalue weighted by Gasteiger charge is 2.20. The lowest BCUT2D eigenvalue weighted by molar-refractivity contribution is 0.0613. The number of β-amino-alcohol motifs (C(OH)–C–C–N with tert-alkyl or cyclic N) is 1. The Morgan fingerprint density at radius 3 is 2.86 bits per heavy atom. The van der Waals surface area contributed by atoms with Crippen LogP contribution in [0.15, 0.2) is 28.8 Å². The third-order valence-electron chi connectivity index (χ3n) is 3.93. The zero-order chi connectivity index (χ0) is 14.7. The van der Waals surface area contributed by atoms with E-state index in [-0.39, 0.29) is 6.10 Å². The monoisotopic (exact) mass is 287 g/mol. The highest BCUT2D eigenvalue weighted by Crippen LogP contribution is 2.18. The third-order valence-corrected chi connectivity index (χ3v) is 3.93. The first kappa shape index (κ1) is 14.2. The SMILES string of the molecule is CCc1ccc(-c2noc(CN3CCC[C@H](O)C3)n2)cc1. The van der Waals surface area contributed by atoms with Gasteiger partial charge in [0.15, 0.2) is 0 Å². The van der Waals surface area contributed by atoms with Crippen LogP contribution >= 0.6 is 0 Å². The quantitative estimate of drug-likeness (QED) is 0.934. The summed E-state index contributed by atoms with van der Waals surface area (Å²) in [7, 11) is 0. The average molecular weight is 287 g/mol. The molecule has 21 heavy (non-hydrogen) atoms. The number of aryl methyl sites for hydroxylation is 1. The first-order chi connectivity index (χ1) is 10.2. The smallest absolute Gasteiger partial charge is 0.241 e. The van der Waals surface area contributed by atoms with Crippen LogP contribution in [0, 0.1) is 0 Å². The summed E-state index contributed by atoms with van der Waals surface area (Å²) in [5.41, 5.74) is 2.27. The zero-order valence-electron chi connectivity index (χ0n) is 12.3. The summed E-state index contributed by atoms with van der Waals surface area (Å²) in [5.74, 6) is 1.24. The summed E-state index contributed by atoms with van der Waals surface area (Å²) in [6, 6.07) is 8.23. The molecule has 2 aromatic rings. The van der Waals surface area contributed by atoms with Crippen LogP contribution in [0.2, 0.25) is 0 Å². The highest BCUT2D eigenvalue weighted by atomic mass is 16.5. The van der Waals surface area contributed by atoms with Crippen molar-refractivity contribution < 1.29 is 9.63 Å². The molecule has 1 aromatic carbocycles. The van der Waals surface area contributed by atoms with Crippen molar-refractivity contribution in [1.29, 1.82) is 0 Å². The summed E-state index contributed by atoms with van der Waals surface area (Å²) in [5, 5.41) is 13.7. The van der Waals surface area contributed by atoms with Crippen LogP contribution in [0.4, 0.5) is 0 Å². The van der Waals surface area contributed by atoms with Gasteiger partial charge < -0.3 is 9.63 Å². The maximum Gasteiger partial charge on any atom is 0.241 e. The van der Waals surface area contributed by atoms with Crippen molar-refractivity contribution in [1.82, 2.24) is 15.0 Å². The first-order valence-corrected chi connectivity index (χ1v) is 7.57.